The lowest BCUT2D eigenvalue weighted by atomic mass is 9.92. The Balaban J connectivity index is 1.46. The van der Waals surface area contributed by atoms with E-state index in [1.54, 1.807) is 55.6 Å². The van der Waals surface area contributed by atoms with Gasteiger partial charge in [-0.2, -0.15) is 0 Å². The van der Waals surface area contributed by atoms with Crippen LogP contribution in [0, 0.1) is 0 Å². The third-order valence-corrected chi connectivity index (χ3v) is 6.51. The van der Waals surface area contributed by atoms with Gasteiger partial charge in [0.05, 0.1) is 37.6 Å². The molecule has 0 aliphatic carbocycles. The van der Waals surface area contributed by atoms with E-state index < -0.39 is 49.0 Å². The zero-order valence-electron chi connectivity index (χ0n) is 20.3. The molecular weight excluding hydrogens is 486 g/mol. The molecule has 2 aromatic carbocycles. The van der Waals surface area contributed by atoms with Crippen LogP contribution in [0.5, 0.6) is 11.5 Å². The van der Waals surface area contributed by atoms with Gasteiger partial charge in [-0.3, -0.25) is 4.79 Å². The lowest BCUT2D eigenvalue weighted by Gasteiger charge is -2.43. The SMILES string of the molecule is CNC(=O)c1cccc(Oc2ccc(C3OC(CO)CC(OC4OC(CO)CC(O)C4O)C3O)cc2)c1. The summed E-state index contributed by atoms with van der Waals surface area (Å²) in [7, 11) is 1.55. The summed E-state index contributed by atoms with van der Waals surface area (Å²) < 4.78 is 23.1. The highest BCUT2D eigenvalue weighted by molar-refractivity contribution is 5.94. The molecule has 0 spiro atoms. The van der Waals surface area contributed by atoms with E-state index in [9.17, 15) is 30.3 Å². The summed E-state index contributed by atoms with van der Waals surface area (Å²) in [5, 5.41) is 53.2. The van der Waals surface area contributed by atoms with Crippen molar-refractivity contribution in [1.82, 2.24) is 5.32 Å². The van der Waals surface area contributed by atoms with Crippen LogP contribution in [0.3, 0.4) is 0 Å². The monoisotopic (exact) mass is 519 g/mol. The van der Waals surface area contributed by atoms with Crippen molar-refractivity contribution in [3.63, 3.8) is 0 Å². The van der Waals surface area contributed by atoms with E-state index in [0.717, 1.165) is 0 Å². The maximum Gasteiger partial charge on any atom is 0.251 e. The number of hydrogen-bond donors (Lipinski definition) is 6. The Kier molecular flexibility index (Phi) is 9.11. The predicted octanol–water partition coefficient (Wildman–Crippen LogP) is 0.236. The summed E-state index contributed by atoms with van der Waals surface area (Å²) in [6.07, 6.45) is -7.88. The molecule has 4 rings (SSSR count). The lowest BCUT2D eigenvalue weighted by Crippen LogP contribution is -2.54. The van der Waals surface area contributed by atoms with Crippen molar-refractivity contribution in [3.8, 4) is 11.5 Å². The van der Waals surface area contributed by atoms with Crippen molar-refractivity contribution in [2.45, 2.75) is 61.9 Å². The lowest BCUT2D eigenvalue weighted by molar-refractivity contribution is -0.309. The van der Waals surface area contributed by atoms with Crippen molar-refractivity contribution in [3.05, 3.63) is 59.7 Å². The maximum atomic E-state index is 11.9. The number of aliphatic hydroxyl groups excluding tert-OH is 5. The molecule has 202 valence electrons. The number of aliphatic hydroxyl groups is 5. The van der Waals surface area contributed by atoms with Gasteiger partial charge in [-0.25, -0.2) is 0 Å². The van der Waals surface area contributed by atoms with Crippen LogP contribution in [0.15, 0.2) is 48.5 Å². The third-order valence-electron chi connectivity index (χ3n) is 6.51. The smallest absolute Gasteiger partial charge is 0.251 e. The molecule has 11 nitrogen and oxygen atoms in total. The van der Waals surface area contributed by atoms with E-state index in [2.05, 4.69) is 5.32 Å². The van der Waals surface area contributed by atoms with E-state index in [1.807, 2.05) is 0 Å². The van der Waals surface area contributed by atoms with Crippen LogP contribution in [0.1, 0.15) is 34.9 Å². The first kappa shape index (κ1) is 27.4. The predicted molar refractivity (Wildman–Crippen MR) is 129 cm³/mol. The molecule has 0 aromatic heterocycles. The Bertz CT molecular complexity index is 1030. The first-order valence-electron chi connectivity index (χ1n) is 12.1. The second kappa shape index (κ2) is 12.3. The Morgan fingerprint density at radius 3 is 2.32 bits per heavy atom. The number of amides is 1. The van der Waals surface area contributed by atoms with Crippen molar-refractivity contribution in [1.29, 1.82) is 0 Å². The number of nitrogens with one attached hydrogen (secondary N) is 1. The summed E-state index contributed by atoms with van der Waals surface area (Å²) in [5.74, 6) is 0.746. The molecule has 0 bridgehead atoms. The quantitative estimate of drug-likeness (QED) is 0.284. The molecule has 6 N–H and O–H groups in total. The van der Waals surface area contributed by atoms with Gasteiger partial charge in [0.25, 0.3) is 5.91 Å². The minimum atomic E-state index is -1.36. The molecule has 8 atom stereocenters. The van der Waals surface area contributed by atoms with Crippen molar-refractivity contribution in [2.75, 3.05) is 20.3 Å². The van der Waals surface area contributed by atoms with Crippen LogP contribution in [0.25, 0.3) is 0 Å². The van der Waals surface area contributed by atoms with Gasteiger partial charge in [0, 0.05) is 25.5 Å². The van der Waals surface area contributed by atoms with E-state index in [4.69, 9.17) is 18.9 Å². The van der Waals surface area contributed by atoms with Gasteiger partial charge in [-0.05, 0) is 35.9 Å². The summed E-state index contributed by atoms with van der Waals surface area (Å²) in [4.78, 5) is 11.9. The number of rotatable bonds is 8. The van der Waals surface area contributed by atoms with Gasteiger partial charge in [0.2, 0.25) is 0 Å². The highest BCUT2D eigenvalue weighted by Gasteiger charge is 2.44. The fourth-order valence-electron chi connectivity index (χ4n) is 4.49. The van der Waals surface area contributed by atoms with Crippen molar-refractivity contribution in [2.24, 2.45) is 0 Å². The number of carbonyl (C=O) groups is 1. The van der Waals surface area contributed by atoms with Gasteiger partial charge in [-0.15, -0.1) is 0 Å². The number of hydrogen-bond acceptors (Lipinski definition) is 10. The van der Waals surface area contributed by atoms with Crippen molar-refractivity contribution >= 4 is 5.91 Å². The molecule has 2 aromatic rings. The van der Waals surface area contributed by atoms with Crippen LogP contribution >= 0.6 is 0 Å². The Hall–Kier alpha value is -2.61. The fourth-order valence-corrected chi connectivity index (χ4v) is 4.49. The van der Waals surface area contributed by atoms with Gasteiger partial charge >= 0.3 is 0 Å². The first-order valence-corrected chi connectivity index (χ1v) is 12.1. The molecule has 8 unspecified atom stereocenters. The largest absolute Gasteiger partial charge is 0.457 e. The molecule has 2 aliphatic heterocycles. The molecule has 2 saturated heterocycles. The van der Waals surface area contributed by atoms with Crippen LogP contribution < -0.4 is 10.1 Å². The standard InChI is InChI=1S/C26H33NO10/c1-27-25(33)15-3-2-4-17(9-15)34-16-7-5-14(6-8-16)24-23(32)21(11-19(13-29)35-24)37-26-22(31)20(30)10-18(12-28)36-26/h2-9,18-24,26,28-32H,10-13H2,1H3,(H,27,33). The number of carbonyl (C=O) groups excluding carboxylic acids is 1. The van der Waals surface area contributed by atoms with E-state index in [-0.39, 0.29) is 32.0 Å². The average molecular weight is 520 g/mol. The zero-order chi connectivity index (χ0) is 26.5. The molecule has 0 saturated carbocycles. The molecular formula is C26H33NO10. The van der Waals surface area contributed by atoms with Crippen LogP contribution in [-0.4, -0.2) is 94.6 Å². The van der Waals surface area contributed by atoms with E-state index >= 15 is 0 Å². The summed E-state index contributed by atoms with van der Waals surface area (Å²) in [5.41, 5.74) is 1.06. The second-order valence-corrected chi connectivity index (χ2v) is 9.14. The maximum absolute atomic E-state index is 11.9. The van der Waals surface area contributed by atoms with Crippen LogP contribution in [-0.2, 0) is 14.2 Å². The molecule has 2 heterocycles. The first-order chi connectivity index (χ1) is 17.8. The molecule has 0 radical (unpaired) electrons. The molecule has 2 aliphatic rings. The number of benzene rings is 2. The van der Waals surface area contributed by atoms with Crippen LogP contribution in [0.4, 0.5) is 0 Å². The van der Waals surface area contributed by atoms with Gasteiger partial charge in [-0.1, -0.05) is 18.2 Å². The van der Waals surface area contributed by atoms with Gasteiger partial charge in [0.15, 0.2) is 6.29 Å². The third kappa shape index (κ3) is 6.46. The minimum Gasteiger partial charge on any atom is -0.457 e. The number of ether oxygens (including phenoxy) is 4. The molecule has 11 heteroatoms. The zero-order valence-corrected chi connectivity index (χ0v) is 20.3. The van der Waals surface area contributed by atoms with Crippen LogP contribution in [0.2, 0.25) is 0 Å². The average Bonchev–Trinajstić information content (AvgIpc) is 2.92. The van der Waals surface area contributed by atoms with E-state index in [1.165, 1.54) is 0 Å². The molecule has 2 fully saturated rings. The highest BCUT2D eigenvalue weighted by atomic mass is 16.7. The topological polar surface area (TPSA) is 167 Å². The Labute approximate surface area is 214 Å². The second-order valence-electron chi connectivity index (χ2n) is 9.14. The summed E-state index contributed by atoms with van der Waals surface area (Å²) >= 11 is 0. The van der Waals surface area contributed by atoms with Gasteiger partial charge < -0.3 is 49.8 Å². The Morgan fingerprint density at radius 2 is 1.65 bits per heavy atom. The normalized spacial score (nSPS) is 32.1. The van der Waals surface area contributed by atoms with Crippen molar-refractivity contribution < 1.29 is 49.3 Å². The molecule has 1 amide bonds. The Morgan fingerprint density at radius 1 is 0.946 bits per heavy atom. The summed E-state index contributed by atoms with van der Waals surface area (Å²) in [6, 6.07) is 13.5. The summed E-state index contributed by atoms with van der Waals surface area (Å²) in [6.45, 7) is -0.672. The highest BCUT2D eigenvalue weighted by Crippen LogP contribution is 2.36. The van der Waals surface area contributed by atoms with E-state index in [0.29, 0.717) is 22.6 Å². The fraction of sp³-hybridized carbons (Fsp3) is 0.500. The van der Waals surface area contributed by atoms with Gasteiger partial charge in [0.1, 0.15) is 29.8 Å². The molecule has 37 heavy (non-hydrogen) atoms. The minimum absolute atomic E-state index is 0.0558.